The Morgan fingerprint density at radius 2 is 1.77 bits per heavy atom. The van der Waals surface area contributed by atoms with Crippen molar-refractivity contribution in [3.05, 3.63) is 29.8 Å². The van der Waals surface area contributed by atoms with Gasteiger partial charge in [-0.15, -0.1) is 0 Å². The second-order valence-electron chi connectivity index (χ2n) is 6.29. The van der Waals surface area contributed by atoms with Gasteiger partial charge in [-0.05, 0) is 44.0 Å². The Kier molecular flexibility index (Phi) is 7.96. The molecule has 4 heteroatoms. The fraction of sp³-hybridized carbons (Fsp3) is 0.611. The fourth-order valence-corrected chi connectivity index (χ4v) is 2.10. The Bertz CT molecular complexity index is 443. The monoisotopic (exact) mass is 306 g/mol. The molecule has 0 bridgehead atoms. The summed E-state index contributed by atoms with van der Waals surface area (Å²) >= 11 is 0. The first-order valence-electron chi connectivity index (χ1n) is 8.11. The molecule has 0 heterocycles. The molecule has 1 amide bonds. The van der Waals surface area contributed by atoms with Gasteiger partial charge in [0.2, 0.25) is 5.91 Å². The minimum absolute atomic E-state index is 0.00322. The molecule has 0 spiro atoms. The largest absolute Gasteiger partial charge is 0.494 e. The molecule has 0 radical (unpaired) electrons. The smallest absolute Gasteiger partial charge is 0.224 e. The molecule has 0 aromatic heterocycles. The second-order valence-corrected chi connectivity index (χ2v) is 6.29. The summed E-state index contributed by atoms with van der Waals surface area (Å²) in [7, 11) is 1.85. The molecule has 0 aliphatic carbocycles. The number of carbonyl (C=O) groups is 1. The topological polar surface area (TPSA) is 50.4 Å². The van der Waals surface area contributed by atoms with Crippen molar-refractivity contribution < 1.29 is 9.53 Å². The predicted molar refractivity (Wildman–Crippen MR) is 91.0 cm³/mol. The van der Waals surface area contributed by atoms with Crippen molar-refractivity contribution in [2.45, 2.75) is 40.2 Å². The third kappa shape index (κ3) is 6.48. The van der Waals surface area contributed by atoms with Crippen molar-refractivity contribution >= 4 is 5.91 Å². The van der Waals surface area contributed by atoms with Crippen LogP contribution >= 0.6 is 0 Å². The first-order chi connectivity index (χ1) is 10.4. The van der Waals surface area contributed by atoms with Crippen LogP contribution < -0.4 is 15.4 Å². The minimum Gasteiger partial charge on any atom is -0.494 e. The molecule has 2 unspecified atom stereocenters. The fourth-order valence-electron chi connectivity index (χ4n) is 2.10. The quantitative estimate of drug-likeness (QED) is 0.737. The molecule has 4 nitrogen and oxygen atoms in total. The van der Waals surface area contributed by atoms with E-state index in [-0.39, 0.29) is 17.9 Å². The average Bonchev–Trinajstić information content (AvgIpc) is 2.47. The van der Waals surface area contributed by atoms with Gasteiger partial charge in [0.1, 0.15) is 5.75 Å². The highest BCUT2D eigenvalue weighted by Crippen LogP contribution is 2.18. The van der Waals surface area contributed by atoms with Gasteiger partial charge < -0.3 is 15.4 Å². The lowest BCUT2D eigenvalue weighted by molar-refractivity contribution is -0.125. The summed E-state index contributed by atoms with van der Waals surface area (Å²) in [6, 6.07) is 7.96. The van der Waals surface area contributed by atoms with E-state index < -0.39 is 0 Å². The Morgan fingerprint density at radius 3 is 2.32 bits per heavy atom. The highest BCUT2D eigenvalue weighted by atomic mass is 16.5. The summed E-state index contributed by atoms with van der Waals surface area (Å²) in [5, 5.41) is 6.06. The number of benzene rings is 1. The Morgan fingerprint density at radius 1 is 1.14 bits per heavy atom. The van der Waals surface area contributed by atoms with Crippen LogP contribution in [0.1, 0.15) is 45.7 Å². The molecule has 0 fully saturated rings. The van der Waals surface area contributed by atoms with Crippen LogP contribution in [0.2, 0.25) is 0 Å². The Balaban J connectivity index is 2.49. The molecule has 0 saturated heterocycles. The van der Waals surface area contributed by atoms with Crippen molar-refractivity contribution in [3.63, 3.8) is 0 Å². The average molecular weight is 306 g/mol. The van der Waals surface area contributed by atoms with Crippen LogP contribution in [0.25, 0.3) is 0 Å². The van der Waals surface area contributed by atoms with Crippen molar-refractivity contribution in [2.75, 3.05) is 20.2 Å². The maximum absolute atomic E-state index is 12.0. The van der Waals surface area contributed by atoms with Crippen LogP contribution in [0.3, 0.4) is 0 Å². The summed E-state index contributed by atoms with van der Waals surface area (Å²) in [6.45, 7) is 9.71. The van der Waals surface area contributed by atoms with Gasteiger partial charge in [-0.1, -0.05) is 32.9 Å². The molecular formula is C18H30N2O2. The number of nitrogens with one attached hydrogen (secondary N) is 2. The number of ether oxygens (including phenoxy) is 1. The summed E-state index contributed by atoms with van der Waals surface area (Å²) in [6.07, 6.45) is 1.05. The van der Waals surface area contributed by atoms with Crippen molar-refractivity contribution in [2.24, 2.45) is 11.8 Å². The van der Waals surface area contributed by atoms with E-state index in [0.717, 1.165) is 24.3 Å². The van der Waals surface area contributed by atoms with Gasteiger partial charge in [-0.25, -0.2) is 0 Å². The van der Waals surface area contributed by atoms with Gasteiger partial charge in [0.15, 0.2) is 0 Å². The zero-order chi connectivity index (χ0) is 16.5. The maximum Gasteiger partial charge on any atom is 0.224 e. The molecule has 0 aliphatic heterocycles. The molecule has 0 aliphatic rings. The van der Waals surface area contributed by atoms with E-state index in [2.05, 4.69) is 24.5 Å². The number of carbonyl (C=O) groups excluding carboxylic acids is 1. The SMILES string of the molecule is CNCC(C)C(=O)NC(C)c1ccc(OCCC(C)C)cc1. The van der Waals surface area contributed by atoms with Gasteiger partial charge in [0.25, 0.3) is 0 Å². The van der Waals surface area contributed by atoms with E-state index in [9.17, 15) is 4.79 Å². The molecule has 22 heavy (non-hydrogen) atoms. The van der Waals surface area contributed by atoms with Gasteiger partial charge in [0.05, 0.1) is 12.6 Å². The molecule has 0 saturated carbocycles. The van der Waals surface area contributed by atoms with Crippen molar-refractivity contribution in [3.8, 4) is 5.75 Å². The highest BCUT2D eigenvalue weighted by Gasteiger charge is 2.15. The third-order valence-corrected chi connectivity index (χ3v) is 3.66. The number of amides is 1. The van der Waals surface area contributed by atoms with E-state index >= 15 is 0 Å². The Labute approximate surface area is 134 Å². The zero-order valence-electron chi connectivity index (χ0n) is 14.5. The molecule has 1 aromatic carbocycles. The van der Waals surface area contributed by atoms with Crippen molar-refractivity contribution in [1.82, 2.24) is 10.6 Å². The summed E-state index contributed by atoms with van der Waals surface area (Å²) in [5.74, 6) is 1.56. The van der Waals surface area contributed by atoms with Gasteiger partial charge in [-0.2, -0.15) is 0 Å². The van der Waals surface area contributed by atoms with E-state index in [1.807, 2.05) is 45.2 Å². The number of hydrogen-bond donors (Lipinski definition) is 2. The van der Waals surface area contributed by atoms with Crippen LogP contribution in [0.15, 0.2) is 24.3 Å². The van der Waals surface area contributed by atoms with Gasteiger partial charge in [-0.3, -0.25) is 4.79 Å². The first-order valence-corrected chi connectivity index (χ1v) is 8.11. The van der Waals surface area contributed by atoms with E-state index in [1.54, 1.807) is 0 Å². The molecule has 1 aromatic rings. The lowest BCUT2D eigenvalue weighted by atomic mass is 10.1. The number of hydrogen-bond acceptors (Lipinski definition) is 3. The van der Waals surface area contributed by atoms with Crippen LogP contribution in [-0.4, -0.2) is 26.1 Å². The first kappa shape index (κ1) is 18.5. The van der Waals surface area contributed by atoms with Crippen molar-refractivity contribution in [1.29, 1.82) is 0 Å². The second kappa shape index (κ2) is 9.46. The maximum atomic E-state index is 12.0. The molecule has 1 rings (SSSR count). The van der Waals surface area contributed by atoms with E-state index in [1.165, 1.54) is 0 Å². The van der Waals surface area contributed by atoms with E-state index in [4.69, 9.17) is 4.74 Å². The number of rotatable bonds is 9. The Hall–Kier alpha value is -1.55. The highest BCUT2D eigenvalue weighted by molar-refractivity contribution is 5.78. The van der Waals surface area contributed by atoms with E-state index in [0.29, 0.717) is 12.5 Å². The third-order valence-electron chi connectivity index (χ3n) is 3.66. The van der Waals surface area contributed by atoms with Gasteiger partial charge in [0, 0.05) is 12.5 Å². The molecule has 2 atom stereocenters. The summed E-state index contributed by atoms with van der Waals surface area (Å²) in [5.41, 5.74) is 1.08. The van der Waals surface area contributed by atoms with Crippen LogP contribution in [-0.2, 0) is 4.79 Å². The van der Waals surface area contributed by atoms with Crippen LogP contribution in [0.4, 0.5) is 0 Å². The standard InChI is InChI=1S/C18H30N2O2/c1-13(2)10-11-22-17-8-6-16(7-9-17)15(4)20-18(21)14(3)12-19-5/h6-9,13-15,19H,10-12H2,1-5H3,(H,20,21). The summed E-state index contributed by atoms with van der Waals surface area (Å²) < 4.78 is 5.71. The molecule has 124 valence electrons. The predicted octanol–water partition coefficient (Wildman–Crippen LogP) is 3.14. The summed E-state index contributed by atoms with van der Waals surface area (Å²) in [4.78, 5) is 12.0. The van der Waals surface area contributed by atoms with Gasteiger partial charge >= 0.3 is 0 Å². The normalized spacial score (nSPS) is 13.7. The lowest BCUT2D eigenvalue weighted by Crippen LogP contribution is -2.35. The zero-order valence-corrected chi connectivity index (χ0v) is 14.5. The molecular weight excluding hydrogens is 276 g/mol. The minimum atomic E-state index is -0.0360. The lowest BCUT2D eigenvalue weighted by Gasteiger charge is -2.18. The van der Waals surface area contributed by atoms with Crippen LogP contribution in [0, 0.1) is 11.8 Å². The van der Waals surface area contributed by atoms with Crippen LogP contribution in [0.5, 0.6) is 5.75 Å². The molecule has 2 N–H and O–H groups in total.